The topological polar surface area (TPSA) is 117 Å². The van der Waals surface area contributed by atoms with E-state index in [2.05, 4.69) is 5.32 Å². The number of nitro benzene ring substituents is 1. The number of carbonyl (C=O) groups excluding carboxylic acids is 2. The smallest absolute Gasteiger partial charge is 0.444 e. The fourth-order valence-corrected chi connectivity index (χ4v) is 2.25. The number of nitrogens with one attached hydrogen (secondary N) is 1. The predicted octanol–water partition coefficient (Wildman–Crippen LogP) is 4.34. The minimum atomic E-state index is -0.950. The van der Waals surface area contributed by atoms with Gasteiger partial charge in [0.05, 0.1) is 4.92 Å². The minimum Gasteiger partial charge on any atom is -0.444 e. The van der Waals surface area contributed by atoms with Crippen LogP contribution < -0.4 is 10.1 Å². The Morgan fingerprint density at radius 3 is 2.24 bits per heavy atom. The van der Waals surface area contributed by atoms with E-state index in [0.717, 1.165) is 5.56 Å². The Bertz CT molecular complexity index is 873. The third-order valence-corrected chi connectivity index (χ3v) is 3.53. The third kappa shape index (κ3) is 7.49. The minimum absolute atomic E-state index is 0.0714. The van der Waals surface area contributed by atoms with Crippen molar-refractivity contribution in [1.82, 2.24) is 5.32 Å². The molecule has 9 heteroatoms. The SMILES string of the molecule is CC(C)(C)OC(=O)NCc1ccccc1COC(=O)Oc1ccc([N+](=O)[O-])cc1. The molecule has 0 aliphatic carbocycles. The van der Waals surface area contributed by atoms with Gasteiger partial charge in [-0.05, 0) is 44.0 Å². The molecule has 0 aromatic heterocycles. The second-order valence-electron chi connectivity index (χ2n) is 7.02. The lowest BCUT2D eigenvalue weighted by molar-refractivity contribution is -0.384. The van der Waals surface area contributed by atoms with Crippen LogP contribution in [0.1, 0.15) is 31.9 Å². The van der Waals surface area contributed by atoms with Crippen LogP contribution in [0.2, 0.25) is 0 Å². The summed E-state index contributed by atoms with van der Waals surface area (Å²) in [6, 6.07) is 12.2. The van der Waals surface area contributed by atoms with Gasteiger partial charge in [0.15, 0.2) is 0 Å². The molecule has 0 aliphatic rings. The summed E-state index contributed by atoms with van der Waals surface area (Å²) in [5, 5.41) is 13.3. The summed E-state index contributed by atoms with van der Waals surface area (Å²) >= 11 is 0. The fraction of sp³-hybridized carbons (Fsp3) is 0.300. The van der Waals surface area contributed by atoms with E-state index in [4.69, 9.17) is 14.2 Å². The molecule has 0 unspecified atom stereocenters. The molecule has 0 bridgehead atoms. The third-order valence-electron chi connectivity index (χ3n) is 3.53. The van der Waals surface area contributed by atoms with Crippen LogP contribution in [-0.2, 0) is 22.6 Å². The maximum atomic E-state index is 11.9. The molecule has 2 rings (SSSR count). The number of non-ortho nitro benzene ring substituents is 1. The Kier molecular flexibility index (Phi) is 7.13. The molecule has 0 saturated carbocycles. The molecule has 1 N–H and O–H groups in total. The van der Waals surface area contributed by atoms with Crippen molar-refractivity contribution in [3.8, 4) is 5.75 Å². The number of carbonyl (C=O) groups is 2. The van der Waals surface area contributed by atoms with Crippen LogP contribution in [0.4, 0.5) is 15.3 Å². The quantitative estimate of drug-likeness (QED) is 0.331. The van der Waals surface area contributed by atoms with Crippen LogP contribution in [-0.4, -0.2) is 22.8 Å². The van der Waals surface area contributed by atoms with Crippen LogP contribution in [0.5, 0.6) is 5.75 Å². The van der Waals surface area contributed by atoms with Gasteiger partial charge in [-0.3, -0.25) is 10.1 Å². The Morgan fingerprint density at radius 1 is 1.03 bits per heavy atom. The zero-order valence-corrected chi connectivity index (χ0v) is 16.3. The van der Waals surface area contributed by atoms with Gasteiger partial charge in [0.2, 0.25) is 0 Å². The van der Waals surface area contributed by atoms with Gasteiger partial charge < -0.3 is 19.5 Å². The molecule has 2 aromatic carbocycles. The van der Waals surface area contributed by atoms with E-state index in [1.807, 2.05) is 0 Å². The Hall–Kier alpha value is -3.62. The first-order chi connectivity index (χ1) is 13.6. The van der Waals surface area contributed by atoms with Crippen LogP contribution in [0.3, 0.4) is 0 Å². The van der Waals surface area contributed by atoms with E-state index in [9.17, 15) is 19.7 Å². The molecule has 154 valence electrons. The summed E-state index contributed by atoms with van der Waals surface area (Å²) in [5.74, 6) is 0.125. The predicted molar refractivity (Wildman–Crippen MR) is 103 cm³/mol. The van der Waals surface area contributed by atoms with Crippen LogP contribution >= 0.6 is 0 Å². The van der Waals surface area contributed by atoms with Gasteiger partial charge in [-0.15, -0.1) is 0 Å². The highest BCUT2D eigenvalue weighted by Crippen LogP contribution is 2.18. The number of amides is 1. The first-order valence-corrected chi connectivity index (χ1v) is 8.77. The van der Waals surface area contributed by atoms with Crippen molar-refractivity contribution < 1.29 is 28.7 Å². The normalized spacial score (nSPS) is 10.7. The standard InChI is InChI=1S/C20H22N2O7/c1-20(2,3)29-18(23)21-12-14-6-4-5-7-15(14)13-27-19(24)28-17-10-8-16(9-11-17)22(25)26/h4-11H,12-13H2,1-3H3,(H,21,23). The van der Waals surface area contributed by atoms with Crippen molar-refractivity contribution in [2.24, 2.45) is 0 Å². The molecule has 0 aliphatic heterocycles. The van der Waals surface area contributed by atoms with Crippen molar-refractivity contribution in [1.29, 1.82) is 0 Å². The van der Waals surface area contributed by atoms with Gasteiger partial charge in [-0.2, -0.15) is 0 Å². The molecule has 0 fully saturated rings. The zero-order valence-electron chi connectivity index (χ0n) is 16.3. The summed E-state index contributed by atoms with van der Waals surface area (Å²) in [6.45, 7) is 5.44. The van der Waals surface area contributed by atoms with Gasteiger partial charge in [0, 0.05) is 18.7 Å². The van der Waals surface area contributed by atoms with E-state index in [-0.39, 0.29) is 24.6 Å². The summed E-state index contributed by atoms with van der Waals surface area (Å²) in [6.07, 6.45) is -1.50. The van der Waals surface area contributed by atoms with Gasteiger partial charge >= 0.3 is 12.2 Å². The van der Waals surface area contributed by atoms with Crippen molar-refractivity contribution in [2.45, 2.75) is 39.5 Å². The second-order valence-corrected chi connectivity index (χ2v) is 7.02. The number of alkyl carbamates (subject to hydrolysis) is 1. The highest BCUT2D eigenvalue weighted by Gasteiger charge is 2.16. The molecule has 0 heterocycles. The number of hydrogen-bond donors (Lipinski definition) is 1. The highest BCUT2D eigenvalue weighted by atomic mass is 16.7. The molecular formula is C20H22N2O7. The van der Waals surface area contributed by atoms with E-state index in [1.54, 1.807) is 45.0 Å². The number of nitrogens with zero attached hydrogens (tertiary/aromatic N) is 1. The number of hydrogen-bond acceptors (Lipinski definition) is 7. The molecule has 0 atom stereocenters. The van der Waals surface area contributed by atoms with Crippen LogP contribution in [0.25, 0.3) is 0 Å². The maximum absolute atomic E-state index is 11.9. The monoisotopic (exact) mass is 402 g/mol. The molecule has 0 saturated heterocycles. The molecule has 29 heavy (non-hydrogen) atoms. The lowest BCUT2D eigenvalue weighted by Crippen LogP contribution is -2.32. The molecule has 9 nitrogen and oxygen atoms in total. The molecule has 0 spiro atoms. The van der Waals surface area contributed by atoms with Crippen molar-refractivity contribution in [3.63, 3.8) is 0 Å². The number of ether oxygens (including phenoxy) is 3. The summed E-state index contributed by atoms with van der Waals surface area (Å²) < 4.78 is 15.3. The van der Waals surface area contributed by atoms with Gasteiger partial charge in [0.1, 0.15) is 18.0 Å². The van der Waals surface area contributed by atoms with Crippen LogP contribution in [0, 0.1) is 10.1 Å². The first-order valence-electron chi connectivity index (χ1n) is 8.77. The molecule has 0 radical (unpaired) electrons. The lowest BCUT2D eigenvalue weighted by Gasteiger charge is -2.20. The van der Waals surface area contributed by atoms with E-state index < -0.39 is 22.8 Å². The van der Waals surface area contributed by atoms with Gasteiger partial charge in [0.25, 0.3) is 5.69 Å². The zero-order chi connectivity index (χ0) is 21.4. The molecule has 1 amide bonds. The van der Waals surface area contributed by atoms with Gasteiger partial charge in [-0.1, -0.05) is 24.3 Å². The second kappa shape index (κ2) is 9.54. The largest absolute Gasteiger partial charge is 0.514 e. The van der Waals surface area contributed by atoms with Gasteiger partial charge in [-0.25, -0.2) is 9.59 Å². The molecule has 2 aromatic rings. The number of benzene rings is 2. The van der Waals surface area contributed by atoms with Crippen molar-refractivity contribution >= 4 is 17.9 Å². The van der Waals surface area contributed by atoms with E-state index in [1.165, 1.54) is 24.3 Å². The summed E-state index contributed by atoms with van der Waals surface area (Å²) in [7, 11) is 0. The summed E-state index contributed by atoms with van der Waals surface area (Å²) in [4.78, 5) is 33.7. The van der Waals surface area contributed by atoms with E-state index >= 15 is 0 Å². The maximum Gasteiger partial charge on any atom is 0.514 e. The Morgan fingerprint density at radius 2 is 1.66 bits per heavy atom. The lowest BCUT2D eigenvalue weighted by atomic mass is 10.1. The fourth-order valence-electron chi connectivity index (χ4n) is 2.25. The first kappa shape index (κ1) is 21.7. The molecular weight excluding hydrogens is 380 g/mol. The summed E-state index contributed by atoms with van der Waals surface area (Å²) in [5.41, 5.74) is 0.719. The van der Waals surface area contributed by atoms with Crippen molar-refractivity contribution in [2.75, 3.05) is 0 Å². The average Bonchev–Trinajstić information content (AvgIpc) is 2.64. The van der Waals surface area contributed by atoms with E-state index in [0.29, 0.717) is 5.56 Å². The number of nitro groups is 1. The number of rotatable bonds is 6. The van der Waals surface area contributed by atoms with Crippen LogP contribution in [0.15, 0.2) is 48.5 Å². The Balaban J connectivity index is 1.89. The van der Waals surface area contributed by atoms with Crippen molar-refractivity contribution in [3.05, 3.63) is 69.8 Å². The Labute approximate surface area is 167 Å². The highest BCUT2D eigenvalue weighted by molar-refractivity contribution is 5.67. The average molecular weight is 402 g/mol.